The summed E-state index contributed by atoms with van der Waals surface area (Å²) in [4.78, 5) is 17.4. The van der Waals surface area contributed by atoms with Crippen molar-refractivity contribution in [2.24, 2.45) is 5.92 Å². The molecule has 0 N–H and O–H groups in total. The topological polar surface area (TPSA) is 50.6 Å². The van der Waals surface area contributed by atoms with Gasteiger partial charge in [-0.1, -0.05) is 23.2 Å². The summed E-state index contributed by atoms with van der Waals surface area (Å²) in [5.74, 6) is 0.499. The summed E-state index contributed by atoms with van der Waals surface area (Å²) < 4.78 is 7.08. The number of piperidine rings is 1. The van der Waals surface area contributed by atoms with Crippen LogP contribution in [0.15, 0.2) is 30.5 Å². The largest absolute Gasteiger partial charge is 0.379 e. The number of ether oxygens (including phenoxy) is 1. The molecule has 4 rings (SSSR count). The number of rotatable bonds is 4. The molecule has 150 valence electrons. The van der Waals surface area contributed by atoms with Crippen LogP contribution in [-0.2, 0) is 4.74 Å². The zero-order valence-electron chi connectivity index (χ0n) is 15.7. The Morgan fingerprint density at radius 2 is 1.96 bits per heavy atom. The molecule has 0 radical (unpaired) electrons. The van der Waals surface area contributed by atoms with E-state index in [1.807, 2.05) is 11.0 Å². The molecule has 1 amide bonds. The Morgan fingerprint density at radius 1 is 1.14 bits per heavy atom. The van der Waals surface area contributed by atoms with Crippen LogP contribution in [0, 0.1) is 5.92 Å². The molecule has 1 aromatic heterocycles. The van der Waals surface area contributed by atoms with Crippen molar-refractivity contribution in [2.75, 3.05) is 45.9 Å². The molecule has 2 fully saturated rings. The summed E-state index contributed by atoms with van der Waals surface area (Å²) in [5.41, 5.74) is 1.23. The molecule has 0 bridgehead atoms. The van der Waals surface area contributed by atoms with E-state index in [-0.39, 0.29) is 5.91 Å². The van der Waals surface area contributed by atoms with E-state index in [2.05, 4.69) is 10.00 Å². The number of halogens is 2. The molecule has 0 saturated carbocycles. The lowest BCUT2D eigenvalue weighted by Crippen LogP contribution is -2.46. The number of carbonyl (C=O) groups excluding carboxylic acids is 1. The lowest BCUT2D eigenvalue weighted by molar-refractivity contribution is 0.0223. The average molecular weight is 423 g/mol. The standard InChI is InChI=1S/C20H24Cl2N4O2/c21-17-4-3-16(12-18(17)22)26-7-5-19(23-26)20(27)25-6-1-2-15(14-25)13-24-8-10-28-11-9-24/h3-5,7,12,15H,1-2,6,8-11,13-14H2. The van der Waals surface area contributed by atoms with Gasteiger partial charge in [-0.3, -0.25) is 9.69 Å². The molecule has 2 aliphatic heterocycles. The highest BCUT2D eigenvalue weighted by molar-refractivity contribution is 6.42. The van der Waals surface area contributed by atoms with E-state index >= 15 is 0 Å². The van der Waals surface area contributed by atoms with Gasteiger partial charge in [0.05, 0.1) is 28.9 Å². The van der Waals surface area contributed by atoms with Crippen molar-refractivity contribution >= 4 is 29.1 Å². The lowest BCUT2D eigenvalue weighted by atomic mass is 9.97. The summed E-state index contributed by atoms with van der Waals surface area (Å²) in [7, 11) is 0. The summed E-state index contributed by atoms with van der Waals surface area (Å²) in [6.07, 6.45) is 3.98. The van der Waals surface area contributed by atoms with E-state index in [0.29, 0.717) is 21.7 Å². The van der Waals surface area contributed by atoms with Gasteiger partial charge >= 0.3 is 0 Å². The first kappa shape index (κ1) is 19.7. The van der Waals surface area contributed by atoms with Crippen LogP contribution in [0.4, 0.5) is 0 Å². The second kappa shape index (κ2) is 8.82. The number of carbonyl (C=O) groups is 1. The van der Waals surface area contributed by atoms with Gasteiger partial charge in [0.2, 0.25) is 0 Å². The van der Waals surface area contributed by atoms with Crippen LogP contribution < -0.4 is 0 Å². The SMILES string of the molecule is O=C(c1ccn(-c2ccc(Cl)c(Cl)c2)n1)N1CCCC(CN2CCOCC2)C1. The predicted octanol–water partition coefficient (Wildman–Crippen LogP) is 3.36. The molecule has 8 heteroatoms. The van der Waals surface area contributed by atoms with Crippen molar-refractivity contribution in [1.82, 2.24) is 19.6 Å². The van der Waals surface area contributed by atoms with Crippen LogP contribution in [0.3, 0.4) is 0 Å². The van der Waals surface area contributed by atoms with Gasteiger partial charge in [-0.15, -0.1) is 0 Å². The summed E-state index contributed by atoms with van der Waals surface area (Å²) in [6, 6.07) is 7.05. The van der Waals surface area contributed by atoms with Crippen LogP contribution >= 0.6 is 23.2 Å². The van der Waals surface area contributed by atoms with Crippen molar-refractivity contribution in [3.8, 4) is 5.69 Å². The van der Waals surface area contributed by atoms with Gasteiger partial charge in [0.1, 0.15) is 0 Å². The molecule has 0 spiro atoms. The van der Waals surface area contributed by atoms with Gasteiger partial charge < -0.3 is 9.64 Å². The molecule has 2 saturated heterocycles. The Morgan fingerprint density at radius 3 is 2.75 bits per heavy atom. The highest BCUT2D eigenvalue weighted by Crippen LogP contribution is 2.25. The highest BCUT2D eigenvalue weighted by atomic mass is 35.5. The first-order valence-corrected chi connectivity index (χ1v) is 10.5. The van der Waals surface area contributed by atoms with Crippen molar-refractivity contribution in [1.29, 1.82) is 0 Å². The second-order valence-electron chi connectivity index (χ2n) is 7.42. The van der Waals surface area contributed by atoms with Crippen molar-refractivity contribution < 1.29 is 9.53 Å². The average Bonchev–Trinajstić information content (AvgIpc) is 3.21. The van der Waals surface area contributed by atoms with Crippen molar-refractivity contribution in [3.63, 3.8) is 0 Å². The number of hydrogen-bond acceptors (Lipinski definition) is 4. The number of nitrogens with zero attached hydrogens (tertiary/aromatic N) is 4. The minimum atomic E-state index is -0.00881. The lowest BCUT2D eigenvalue weighted by Gasteiger charge is -2.36. The smallest absolute Gasteiger partial charge is 0.274 e. The van der Waals surface area contributed by atoms with Gasteiger partial charge in [0, 0.05) is 38.9 Å². The third-order valence-corrected chi connectivity index (χ3v) is 6.14. The summed E-state index contributed by atoms with van der Waals surface area (Å²) in [5, 5.41) is 5.42. The molecule has 2 aliphatic rings. The number of hydrogen-bond donors (Lipinski definition) is 0. The van der Waals surface area contributed by atoms with Gasteiger partial charge in [-0.05, 0) is 43.0 Å². The van der Waals surface area contributed by atoms with Gasteiger partial charge in [0.25, 0.3) is 5.91 Å². The highest BCUT2D eigenvalue weighted by Gasteiger charge is 2.27. The van der Waals surface area contributed by atoms with Gasteiger partial charge in [0.15, 0.2) is 5.69 Å². The number of morpholine rings is 1. The van der Waals surface area contributed by atoms with E-state index in [1.54, 1.807) is 29.1 Å². The first-order chi connectivity index (χ1) is 13.6. The molecule has 2 aromatic rings. The number of benzene rings is 1. The maximum Gasteiger partial charge on any atom is 0.274 e. The number of amides is 1. The van der Waals surface area contributed by atoms with Gasteiger partial charge in [-0.25, -0.2) is 4.68 Å². The third kappa shape index (κ3) is 4.51. The third-order valence-electron chi connectivity index (χ3n) is 5.40. The molecule has 1 atom stereocenters. The molecule has 3 heterocycles. The number of aromatic nitrogens is 2. The zero-order valence-corrected chi connectivity index (χ0v) is 17.2. The molecular formula is C20H24Cl2N4O2. The first-order valence-electron chi connectivity index (χ1n) is 9.70. The minimum Gasteiger partial charge on any atom is -0.379 e. The van der Waals surface area contributed by atoms with E-state index in [1.165, 1.54) is 6.42 Å². The van der Waals surface area contributed by atoms with Crippen molar-refractivity contribution in [3.05, 3.63) is 46.2 Å². The van der Waals surface area contributed by atoms with Crippen LogP contribution in [0.5, 0.6) is 0 Å². The fraction of sp³-hybridized carbons (Fsp3) is 0.500. The Labute approximate surface area is 174 Å². The zero-order chi connectivity index (χ0) is 19.5. The normalized spacial score (nSPS) is 21.1. The summed E-state index contributed by atoms with van der Waals surface area (Å²) >= 11 is 12.1. The van der Waals surface area contributed by atoms with E-state index in [9.17, 15) is 4.79 Å². The Hall–Kier alpha value is -1.60. The predicted molar refractivity (Wildman–Crippen MR) is 109 cm³/mol. The Kier molecular flexibility index (Phi) is 6.21. The fourth-order valence-electron chi connectivity index (χ4n) is 3.92. The molecule has 6 nitrogen and oxygen atoms in total. The van der Waals surface area contributed by atoms with Crippen LogP contribution in [0.25, 0.3) is 5.69 Å². The molecule has 1 aromatic carbocycles. The fourth-order valence-corrected chi connectivity index (χ4v) is 4.21. The van der Waals surface area contributed by atoms with Crippen LogP contribution in [0.2, 0.25) is 10.0 Å². The van der Waals surface area contributed by atoms with Gasteiger partial charge in [-0.2, -0.15) is 5.10 Å². The van der Waals surface area contributed by atoms with Crippen LogP contribution in [0.1, 0.15) is 23.3 Å². The molecule has 0 aliphatic carbocycles. The quantitative estimate of drug-likeness (QED) is 0.757. The molecule has 28 heavy (non-hydrogen) atoms. The van der Waals surface area contributed by atoms with E-state index < -0.39 is 0 Å². The van der Waals surface area contributed by atoms with Crippen molar-refractivity contribution in [2.45, 2.75) is 12.8 Å². The van der Waals surface area contributed by atoms with E-state index in [0.717, 1.165) is 58.0 Å². The molecular weight excluding hydrogens is 399 g/mol. The monoisotopic (exact) mass is 422 g/mol. The Balaban J connectivity index is 1.41. The maximum atomic E-state index is 13.0. The molecule has 1 unspecified atom stereocenters. The maximum absolute atomic E-state index is 13.0. The van der Waals surface area contributed by atoms with E-state index in [4.69, 9.17) is 27.9 Å². The number of likely N-dealkylation sites (tertiary alicyclic amines) is 1. The van der Waals surface area contributed by atoms with Crippen LogP contribution in [-0.4, -0.2) is 71.4 Å². The second-order valence-corrected chi connectivity index (χ2v) is 8.23. The summed E-state index contributed by atoms with van der Waals surface area (Å²) in [6.45, 7) is 6.19. The Bertz CT molecular complexity index is 835. The minimum absolute atomic E-state index is 0.00881.